The molecular formula is C11H13NO2S. The molecule has 1 saturated carbocycles. The molecule has 1 aliphatic carbocycles. The highest BCUT2D eigenvalue weighted by Gasteiger charge is 2.57. The second-order valence-electron chi connectivity index (χ2n) is 4.21. The Labute approximate surface area is 89.8 Å². The van der Waals surface area contributed by atoms with Crippen molar-refractivity contribution in [2.45, 2.75) is 36.2 Å². The van der Waals surface area contributed by atoms with Gasteiger partial charge < -0.3 is 0 Å². The van der Waals surface area contributed by atoms with Crippen LogP contribution in [0.1, 0.15) is 19.3 Å². The zero-order valence-corrected chi connectivity index (χ0v) is 9.15. The van der Waals surface area contributed by atoms with Crippen LogP contribution in [0.3, 0.4) is 0 Å². The average Bonchev–Trinajstić information content (AvgIpc) is 2.77. The SMILES string of the molecule is O=S(=O)(c1ccccc1)N1C2CCCC21. The predicted octanol–water partition coefficient (Wildman–Crippen LogP) is 1.61. The Hall–Kier alpha value is -0.870. The van der Waals surface area contributed by atoms with Gasteiger partial charge in [-0.3, -0.25) is 0 Å². The topological polar surface area (TPSA) is 37.1 Å². The lowest BCUT2D eigenvalue weighted by Gasteiger charge is -2.08. The van der Waals surface area contributed by atoms with Gasteiger partial charge in [-0.2, -0.15) is 4.31 Å². The van der Waals surface area contributed by atoms with Crippen LogP contribution in [-0.4, -0.2) is 24.8 Å². The standard InChI is InChI=1S/C11H13NO2S/c13-15(14,9-5-2-1-3-6-9)12-10-7-4-8-11(10)12/h1-3,5-6,10-11H,4,7-8H2. The van der Waals surface area contributed by atoms with Crippen molar-refractivity contribution in [1.29, 1.82) is 0 Å². The molecule has 0 radical (unpaired) electrons. The number of fused-ring (bicyclic) bond motifs is 1. The van der Waals surface area contributed by atoms with Crippen LogP contribution >= 0.6 is 0 Å². The molecule has 1 saturated heterocycles. The number of hydrogen-bond donors (Lipinski definition) is 0. The summed E-state index contributed by atoms with van der Waals surface area (Å²) >= 11 is 0. The van der Waals surface area contributed by atoms with Gasteiger partial charge in [0.2, 0.25) is 10.0 Å². The molecular weight excluding hydrogens is 210 g/mol. The molecule has 2 atom stereocenters. The van der Waals surface area contributed by atoms with E-state index in [1.165, 1.54) is 6.42 Å². The van der Waals surface area contributed by atoms with E-state index in [-0.39, 0.29) is 0 Å². The Bertz CT molecular complexity index is 459. The van der Waals surface area contributed by atoms with E-state index in [0.717, 1.165) is 12.8 Å². The highest BCUT2D eigenvalue weighted by Crippen LogP contribution is 2.46. The Morgan fingerprint density at radius 3 is 2.27 bits per heavy atom. The highest BCUT2D eigenvalue weighted by atomic mass is 32.2. The molecule has 80 valence electrons. The molecule has 0 bridgehead atoms. The summed E-state index contributed by atoms with van der Waals surface area (Å²) in [5.41, 5.74) is 0. The number of piperidine rings is 1. The molecule has 3 rings (SSSR count). The summed E-state index contributed by atoms with van der Waals surface area (Å²) in [6, 6.07) is 9.32. The van der Waals surface area contributed by atoms with Gasteiger partial charge in [0.1, 0.15) is 0 Å². The zero-order chi connectivity index (χ0) is 10.5. The fourth-order valence-corrected chi connectivity index (χ4v) is 4.45. The molecule has 15 heavy (non-hydrogen) atoms. The fourth-order valence-electron chi connectivity index (χ4n) is 2.56. The van der Waals surface area contributed by atoms with Gasteiger partial charge in [0.05, 0.1) is 4.90 Å². The van der Waals surface area contributed by atoms with Crippen molar-refractivity contribution >= 4 is 10.0 Å². The molecule has 2 unspecified atom stereocenters. The average molecular weight is 223 g/mol. The molecule has 1 heterocycles. The Balaban J connectivity index is 1.93. The summed E-state index contributed by atoms with van der Waals surface area (Å²) in [6.45, 7) is 0. The summed E-state index contributed by atoms with van der Waals surface area (Å²) < 4.78 is 25.9. The second kappa shape index (κ2) is 3.06. The van der Waals surface area contributed by atoms with Crippen molar-refractivity contribution in [2.24, 2.45) is 0 Å². The minimum atomic E-state index is -3.19. The molecule has 0 N–H and O–H groups in total. The van der Waals surface area contributed by atoms with Gasteiger partial charge in [0.15, 0.2) is 0 Å². The summed E-state index contributed by atoms with van der Waals surface area (Å²) in [6.07, 6.45) is 3.25. The number of rotatable bonds is 2. The molecule has 2 fully saturated rings. The van der Waals surface area contributed by atoms with Crippen molar-refractivity contribution < 1.29 is 8.42 Å². The van der Waals surface area contributed by atoms with E-state index in [0.29, 0.717) is 17.0 Å². The quantitative estimate of drug-likeness (QED) is 0.714. The molecule has 1 aromatic rings. The van der Waals surface area contributed by atoms with Crippen LogP contribution in [0.5, 0.6) is 0 Å². The number of nitrogens with zero attached hydrogens (tertiary/aromatic N) is 1. The molecule has 0 amide bonds. The fraction of sp³-hybridized carbons (Fsp3) is 0.455. The van der Waals surface area contributed by atoms with Crippen LogP contribution in [0.15, 0.2) is 35.2 Å². The molecule has 3 nitrogen and oxygen atoms in total. The molecule has 4 heteroatoms. The van der Waals surface area contributed by atoms with Gasteiger partial charge >= 0.3 is 0 Å². The third kappa shape index (κ3) is 1.32. The van der Waals surface area contributed by atoms with E-state index in [1.54, 1.807) is 28.6 Å². The number of benzene rings is 1. The summed E-state index contributed by atoms with van der Waals surface area (Å²) in [5, 5.41) is 0. The van der Waals surface area contributed by atoms with Gasteiger partial charge in [-0.1, -0.05) is 24.6 Å². The molecule has 1 aliphatic heterocycles. The van der Waals surface area contributed by atoms with Crippen molar-refractivity contribution in [3.63, 3.8) is 0 Å². The molecule has 0 aromatic heterocycles. The maximum Gasteiger partial charge on any atom is 0.243 e. The van der Waals surface area contributed by atoms with Crippen LogP contribution in [0, 0.1) is 0 Å². The Morgan fingerprint density at radius 2 is 1.67 bits per heavy atom. The predicted molar refractivity (Wildman–Crippen MR) is 56.9 cm³/mol. The van der Waals surface area contributed by atoms with E-state index in [2.05, 4.69) is 0 Å². The Morgan fingerprint density at radius 1 is 1.07 bits per heavy atom. The summed E-state index contributed by atoms with van der Waals surface area (Å²) in [7, 11) is -3.19. The minimum absolute atomic E-state index is 0.301. The molecule has 0 spiro atoms. The van der Waals surface area contributed by atoms with E-state index < -0.39 is 10.0 Å². The lowest BCUT2D eigenvalue weighted by Crippen LogP contribution is -2.17. The van der Waals surface area contributed by atoms with Crippen molar-refractivity contribution in [3.8, 4) is 0 Å². The second-order valence-corrected chi connectivity index (χ2v) is 6.06. The normalized spacial score (nSPS) is 33.7. The van der Waals surface area contributed by atoms with Crippen LogP contribution < -0.4 is 0 Å². The smallest absolute Gasteiger partial charge is 0.207 e. The van der Waals surface area contributed by atoms with Crippen LogP contribution in [0.4, 0.5) is 0 Å². The first-order valence-corrected chi connectivity index (χ1v) is 6.74. The lowest BCUT2D eigenvalue weighted by molar-refractivity contribution is 0.517. The van der Waals surface area contributed by atoms with Gasteiger partial charge in [-0.05, 0) is 25.0 Å². The van der Waals surface area contributed by atoms with Gasteiger partial charge in [0, 0.05) is 12.1 Å². The Kier molecular flexibility index (Phi) is 1.91. The van der Waals surface area contributed by atoms with Gasteiger partial charge in [-0.15, -0.1) is 0 Å². The lowest BCUT2D eigenvalue weighted by atomic mass is 10.3. The monoisotopic (exact) mass is 223 g/mol. The third-order valence-electron chi connectivity index (χ3n) is 3.33. The first-order chi connectivity index (χ1) is 7.21. The van der Waals surface area contributed by atoms with Crippen LogP contribution in [-0.2, 0) is 10.0 Å². The van der Waals surface area contributed by atoms with Crippen molar-refractivity contribution in [2.75, 3.05) is 0 Å². The van der Waals surface area contributed by atoms with Crippen LogP contribution in [0.25, 0.3) is 0 Å². The highest BCUT2D eigenvalue weighted by molar-refractivity contribution is 7.89. The number of sulfonamides is 1. The maximum absolute atomic E-state index is 12.1. The first kappa shape index (κ1) is 9.36. The van der Waals surface area contributed by atoms with E-state index in [4.69, 9.17) is 0 Å². The maximum atomic E-state index is 12.1. The molecule has 1 aromatic carbocycles. The van der Waals surface area contributed by atoms with E-state index >= 15 is 0 Å². The van der Waals surface area contributed by atoms with Crippen molar-refractivity contribution in [1.82, 2.24) is 4.31 Å². The first-order valence-electron chi connectivity index (χ1n) is 5.30. The largest absolute Gasteiger partial charge is 0.243 e. The summed E-state index contributed by atoms with van der Waals surface area (Å²) in [4.78, 5) is 0.430. The molecule has 2 aliphatic rings. The van der Waals surface area contributed by atoms with Crippen LogP contribution in [0.2, 0.25) is 0 Å². The van der Waals surface area contributed by atoms with Gasteiger partial charge in [-0.25, -0.2) is 8.42 Å². The van der Waals surface area contributed by atoms with Crippen molar-refractivity contribution in [3.05, 3.63) is 30.3 Å². The van der Waals surface area contributed by atoms with E-state index in [9.17, 15) is 8.42 Å². The minimum Gasteiger partial charge on any atom is -0.207 e. The third-order valence-corrected chi connectivity index (χ3v) is 5.29. The number of hydrogen-bond acceptors (Lipinski definition) is 2. The van der Waals surface area contributed by atoms with E-state index in [1.807, 2.05) is 6.07 Å². The summed E-state index contributed by atoms with van der Waals surface area (Å²) in [5.74, 6) is 0. The zero-order valence-electron chi connectivity index (χ0n) is 8.33. The van der Waals surface area contributed by atoms with Gasteiger partial charge in [0.25, 0.3) is 0 Å².